The Labute approximate surface area is 274 Å². The lowest BCUT2D eigenvalue weighted by molar-refractivity contribution is -0.128. The van der Waals surface area contributed by atoms with Crippen molar-refractivity contribution in [1.29, 1.82) is 5.26 Å². The van der Waals surface area contributed by atoms with E-state index in [4.69, 9.17) is 10.8 Å². The smallest absolute Gasteiger partial charge is 0.264 e. The van der Waals surface area contributed by atoms with E-state index in [9.17, 15) is 14.9 Å². The maximum Gasteiger partial charge on any atom is 0.264 e. The van der Waals surface area contributed by atoms with Gasteiger partial charge in [0, 0.05) is 68.3 Å². The van der Waals surface area contributed by atoms with Crippen molar-refractivity contribution in [3.8, 4) is 17.3 Å². The summed E-state index contributed by atoms with van der Waals surface area (Å²) in [4.78, 5) is 41.5. The first-order chi connectivity index (χ1) is 22.6. The van der Waals surface area contributed by atoms with E-state index in [1.807, 2.05) is 35.0 Å². The number of piperazine rings is 1. The van der Waals surface area contributed by atoms with Crippen LogP contribution in [0.1, 0.15) is 43.1 Å². The largest absolute Gasteiger partial charge is 0.383 e. The summed E-state index contributed by atoms with van der Waals surface area (Å²) >= 11 is 0. The predicted molar refractivity (Wildman–Crippen MR) is 181 cm³/mol. The third kappa shape index (κ3) is 6.72. The normalized spacial score (nSPS) is 18.2. The van der Waals surface area contributed by atoms with E-state index in [2.05, 4.69) is 52.0 Å². The average molecular weight is 633 g/mol. The van der Waals surface area contributed by atoms with Gasteiger partial charge in [0.05, 0.1) is 16.9 Å². The fraction of sp³-hybridized carbons (Fsp3) is 0.371. The van der Waals surface area contributed by atoms with Crippen molar-refractivity contribution >= 4 is 34.4 Å². The molecular formula is C35H40N10O2. The minimum atomic E-state index is -0.427. The first-order valence-corrected chi connectivity index (χ1v) is 16.0. The van der Waals surface area contributed by atoms with Crippen molar-refractivity contribution in [1.82, 2.24) is 34.4 Å². The van der Waals surface area contributed by atoms with Crippen LogP contribution in [-0.2, 0) is 4.79 Å². The van der Waals surface area contributed by atoms with E-state index < -0.39 is 5.54 Å². The molecule has 0 aliphatic carbocycles. The molecule has 2 saturated heterocycles. The molecule has 0 spiro atoms. The molecule has 4 aromatic rings. The number of benzene rings is 1. The number of aromatic nitrogens is 4. The topological polar surface area (TPSA) is 149 Å². The molecule has 12 nitrogen and oxygen atoms in total. The number of pyridine rings is 2. The summed E-state index contributed by atoms with van der Waals surface area (Å²) in [6.07, 6.45) is 6.70. The molecule has 12 heteroatoms. The summed E-state index contributed by atoms with van der Waals surface area (Å²) in [5, 5.41) is 18.6. The first kappa shape index (κ1) is 31.8. The second kappa shape index (κ2) is 13.3. The molecule has 2 fully saturated rings. The van der Waals surface area contributed by atoms with Gasteiger partial charge in [-0.2, -0.15) is 10.4 Å². The summed E-state index contributed by atoms with van der Waals surface area (Å²) in [7, 11) is 2.11. The van der Waals surface area contributed by atoms with E-state index >= 15 is 0 Å². The maximum atomic E-state index is 13.8. The Morgan fingerprint density at radius 1 is 1.02 bits per heavy atom. The highest BCUT2D eigenvalue weighted by Crippen LogP contribution is 2.35. The number of hydrogen-bond donors (Lipinski definition) is 2. The fourth-order valence-corrected chi connectivity index (χ4v) is 6.48. The van der Waals surface area contributed by atoms with Gasteiger partial charge in [-0.05, 0) is 70.1 Å². The van der Waals surface area contributed by atoms with Crippen LogP contribution in [0.4, 0.5) is 11.6 Å². The van der Waals surface area contributed by atoms with Crippen molar-refractivity contribution in [2.45, 2.75) is 38.3 Å². The molecule has 3 aromatic heterocycles. The second-order valence-corrected chi connectivity index (χ2v) is 12.8. The minimum absolute atomic E-state index is 0.125. The molecule has 1 aromatic carbocycles. The number of anilines is 2. The van der Waals surface area contributed by atoms with Crippen LogP contribution in [0.3, 0.4) is 0 Å². The summed E-state index contributed by atoms with van der Waals surface area (Å²) in [6, 6.07) is 16.5. The standard InChI is InChI=1S/C35H40N10O2/c1-35(2,44-19-17-42(3)18-20-44)21-26(22-36)34(47)43-16-6-7-27(23-43)45-28-13-15-39-32(37)30(28)31(41-45)24-9-11-25(12-10-24)33(46)40-29-8-4-5-14-38-29/h4-5,8-15,21,27H,6-7,16-20,23H2,1-3H3,(H2,37,39)(H,38,40,46)/b26-21+/t27-/m1/s1. The minimum Gasteiger partial charge on any atom is -0.383 e. The summed E-state index contributed by atoms with van der Waals surface area (Å²) < 4.78 is 1.94. The van der Waals surface area contributed by atoms with E-state index in [0.717, 1.165) is 50.1 Å². The zero-order valence-electron chi connectivity index (χ0n) is 27.1. The Morgan fingerprint density at radius 2 is 1.79 bits per heavy atom. The molecular weight excluding hydrogens is 592 g/mol. The number of likely N-dealkylation sites (N-methyl/N-ethyl adjacent to an activating group) is 1. The molecule has 0 bridgehead atoms. The number of likely N-dealkylation sites (tertiary alicyclic amines) is 1. The number of nitriles is 1. The number of fused-ring (bicyclic) bond motifs is 1. The van der Waals surface area contributed by atoms with Crippen molar-refractivity contribution in [2.75, 3.05) is 57.4 Å². The lowest BCUT2D eigenvalue weighted by atomic mass is 9.96. The van der Waals surface area contributed by atoms with Crippen molar-refractivity contribution in [3.05, 3.63) is 78.1 Å². The van der Waals surface area contributed by atoms with Gasteiger partial charge in [-0.25, -0.2) is 9.97 Å². The molecule has 0 saturated carbocycles. The van der Waals surface area contributed by atoms with Gasteiger partial charge in [0.1, 0.15) is 29.0 Å². The molecule has 5 heterocycles. The van der Waals surface area contributed by atoms with Crippen LogP contribution < -0.4 is 11.1 Å². The molecule has 6 rings (SSSR count). The third-order valence-corrected chi connectivity index (χ3v) is 9.17. The third-order valence-electron chi connectivity index (χ3n) is 9.17. The molecule has 0 radical (unpaired) electrons. The number of hydrogen-bond acceptors (Lipinski definition) is 9. The Bertz CT molecular complexity index is 1830. The van der Waals surface area contributed by atoms with Crippen LogP contribution in [0.25, 0.3) is 22.2 Å². The predicted octanol–water partition coefficient (Wildman–Crippen LogP) is 3.97. The fourth-order valence-electron chi connectivity index (χ4n) is 6.48. The Balaban J connectivity index is 1.24. The van der Waals surface area contributed by atoms with E-state index in [1.165, 1.54) is 0 Å². The van der Waals surface area contributed by atoms with Crippen molar-refractivity contribution in [2.24, 2.45) is 0 Å². The Hall–Kier alpha value is -5.12. The molecule has 242 valence electrons. The van der Waals surface area contributed by atoms with Gasteiger partial charge < -0.3 is 20.9 Å². The number of carbonyl (C=O) groups excluding carboxylic acids is 2. The summed E-state index contributed by atoms with van der Waals surface area (Å²) in [6.45, 7) is 8.78. The Kier molecular flexibility index (Phi) is 9.02. The zero-order valence-corrected chi connectivity index (χ0v) is 27.1. The number of nitrogens with zero attached hydrogens (tertiary/aromatic N) is 8. The quantitative estimate of drug-likeness (QED) is 0.228. The second-order valence-electron chi connectivity index (χ2n) is 12.8. The zero-order chi connectivity index (χ0) is 33.1. The van der Waals surface area contributed by atoms with Crippen molar-refractivity contribution in [3.63, 3.8) is 0 Å². The van der Waals surface area contributed by atoms with Gasteiger partial charge in [-0.3, -0.25) is 19.2 Å². The number of carbonyl (C=O) groups is 2. The monoisotopic (exact) mass is 632 g/mol. The maximum absolute atomic E-state index is 13.8. The van der Waals surface area contributed by atoms with Crippen molar-refractivity contribution < 1.29 is 9.59 Å². The summed E-state index contributed by atoms with van der Waals surface area (Å²) in [5.74, 6) is 0.305. The molecule has 2 amide bonds. The summed E-state index contributed by atoms with van der Waals surface area (Å²) in [5.41, 5.74) is 8.88. The number of rotatable bonds is 7. The van der Waals surface area contributed by atoms with E-state index in [1.54, 1.807) is 41.6 Å². The number of nitrogen functional groups attached to an aromatic ring is 1. The van der Waals surface area contributed by atoms with Crippen LogP contribution in [-0.4, -0.2) is 98.1 Å². The van der Waals surface area contributed by atoms with E-state index in [0.29, 0.717) is 41.4 Å². The van der Waals surface area contributed by atoms with Crippen LogP contribution in [0.5, 0.6) is 0 Å². The Morgan fingerprint density at radius 3 is 2.49 bits per heavy atom. The van der Waals surface area contributed by atoms with Gasteiger partial charge in [0.2, 0.25) is 0 Å². The molecule has 3 N–H and O–H groups in total. The molecule has 0 unspecified atom stereocenters. The number of piperidine rings is 1. The average Bonchev–Trinajstić information content (AvgIpc) is 3.49. The SMILES string of the molecule is CN1CCN(C(C)(C)/C=C(\C#N)C(=O)N2CCC[C@@H](n3nc(-c4ccc(C(=O)Nc5ccccn5)cc4)c4c(N)nccc43)C2)CC1. The van der Waals surface area contributed by atoms with Gasteiger partial charge in [0.15, 0.2) is 0 Å². The van der Waals surface area contributed by atoms with Crippen LogP contribution >= 0.6 is 0 Å². The van der Waals surface area contributed by atoms with Gasteiger partial charge in [-0.1, -0.05) is 18.2 Å². The highest BCUT2D eigenvalue weighted by atomic mass is 16.2. The first-order valence-electron chi connectivity index (χ1n) is 16.0. The van der Waals surface area contributed by atoms with Gasteiger partial charge >= 0.3 is 0 Å². The van der Waals surface area contributed by atoms with Crippen LogP contribution in [0, 0.1) is 11.3 Å². The lowest BCUT2D eigenvalue weighted by Crippen LogP contribution is -2.53. The highest BCUT2D eigenvalue weighted by molar-refractivity contribution is 6.05. The number of amides is 2. The number of nitrogens with one attached hydrogen (secondary N) is 1. The number of nitrogens with two attached hydrogens (primary N) is 1. The van der Waals surface area contributed by atoms with Crippen LogP contribution in [0.15, 0.2) is 72.6 Å². The molecule has 2 aliphatic rings. The van der Waals surface area contributed by atoms with Crippen LogP contribution in [0.2, 0.25) is 0 Å². The van der Waals surface area contributed by atoms with Gasteiger partial charge in [0.25, 0.3) is 11.8 Å². The molecule has 2 aliphatic heterocycles. The molecule has 1 atom stereocenters. The lowest BCUT2D eigenvalue weighted by Gasteiger charge is -2.42. The van der Waals surface area contributed by atoms with Gasteiger partial charge in [-0.15, -0.1) is 0 Å². The highest BCUT2D eigenvalue weighted by Gasteiger charge is 2.33. The molecule has 47 heavy (non-hydrogen) atoms. The van der Waals surface area contributed by atoms with E-state index in [-0.39, 0.29) is 23.4 Å².